The number of carbonyl (C=O) groups excluding carboxylic acids is 1. The zero-order chi connectivity index (χ0) is 17.0. The number of hydrazine groups is 1. The molecule has 1 aliphatic heterocycles. The fraction of sp³-hybridized carbons (Fsp3) is 0.846. The van der Waals surface area contributed by atoms with Crippen molar-refractivity contribution in [3.63, 3.8) is 0 Å². The summed E-state index contributed by atoms with van der Waals surface area (Å²) in [6, 6.07) is 0. The predicted octanol–water partition coefficient (Wildman–Crippen LogP) is 0.898. The molecule has 0 aromatic rings. The van der Waals surface area contributed by atoms with Crippen LogP contribution in [-0.2, 0) is 19.1 Å². The standard InChI is InChI=1S/C13H19F3N2O5/c14-13(15,16)23-10-5-9(6-10)22-7-11(19)17-18-3-1-8(2-4-18)12(20)21/h8-10H,1-7H2,(H,17,19)(H,20,21)/t9-,10+. The summed E-state index contributed by atoms with van der Waals surface area (Å²) in [5.41, 5.74) is 2.60. The van der Waals surface area contributed by atoms with Gasteiger partial charge in [-0.1, -0.05) is 0 Å². The summed E-state index contributed by atoms with van der Waals surface area (Å²) in [5.74, 6) is -1.63. The zero-order valence-electron chi connectivity index (χ0n) is 12.3. The Hall–Kier alpha value is -1.39. The second-order valence-electron chi connectivity index (χ2n) is 5.72. The fourth-order valence-corrected chi connectivity index (χ4v) is 2.58. The summed E-state index contributed by atoms with van der Waals surface area (Å²) in [7, 11) is 0. The first-order valence-electron chi connectivity index (χ1n) is 7.36. The monoisotopic (exact) mass is 340 g/mol. The Bertz CT molecular complexity index is 432. The highest BCUT2D eigenvalue weighted by Crippen LogP contribution is 2.31. The molecule has 0 radical (unpaired) electrons. The Morgan fingerprint density at radius 3 is 2.30 bits per heavy atom. The summed E-state index contributed by atoms with van der Waals surface area (Å²) < 4.78 is 44.8. The average molecular weight is 340 g/mol. The van der Waals surface area contributed by atoms with E-state index in [9.17, 15) is 22.8 Å². The molecule has 1 amide bonds. The quantitative estimate of drug-likeness (QED) is 0.747. The van der Waals surface area contributed by atoms with E-state index in [0.29, 0.717) is 25.9 Å². The van der Waals surface area contributed by atoms with Crippen LogP contribution in [0, 0.1) is 5.92 Å². The van der Waals surface area contributed by atoms with Crippen molar-refractivity contribution >= 4 is 11.9 Å². The van der Waals surface area contributed by atoms with Crippen molar-refractivity contribution in [2.24, 2.45) is 5.92 Å². The Labute approximate surface area is 130 Å². The summed E-state index contributed by atoms with van der Waals surface area (Å²) in [6.07, 6.45) is -4.84. The first kappa shape index (κ1) is 18.0. The Balaban J connectivity index is 1.56. The van der Waals surface area contributed by atoms with Gasteiger partial charge in [-0.05, 0) is 12.8 Å². The Morgan fingerprint density at radius 2 is 1.78 bits per heavy atom. The van der Waals surface area contributed by atoms with Crippen molar-refractivity contribution < 1.29 is 37.3 Å². The van der Waals surface area contributed by atoms with E-state index >= 15 is 0 Å². The van der Waals surface area contributed by atoms with Gasteiger partial charge in [0.2, 0.25) is 0 Å². The van der Waals surface area contributed by atoms with Crippen LogP contribution in [0.5, 0.6) is 0 Å². The third kappa shape index (κ3) is 5.96. The molecule has 0 unspecified atom stereocenters. The molecule has 2 N–H and O–H groups in total. The van der Waals surface area contributed by atoms with Gasteiger partial charge in [-0.2, -0.15) is 0 Å². The van der Waals surface area contributed by atoms with Crippen LogP contribution in [0.3, 0.4) is 0 Å². The number of ether oxygens (including phenoxy) is 2. The van der Waals surface area contributed by atoms with E-state index in [-0.39, 0.29) is 25.4 Å². The van der Waals surface area contributed by atoms with Crippen molar-refractivity contribution in [3.8, 4) is 0 Å². The van der Waals surface area contributed by atoms with Gasteiger partial charge in [-0.25, -0.2) is 5.01 Å². The van der Waals surface area contributed by atoms with E-state index in [1.807, 2.05) is 0 Å². The third-order valence-electron chi connectivity index (χ3n) is 3.93. The van der Waals surface area contributed by atoms with Gasteiger partial charge in [0.05, 0.1) is 18.1 Å². The molecule has 0 aromatic heterocycles. The highest BCUT2D eigenvalue weighted by atomic mass is 19.4. The van der Waals surface area contributed by atoms with Crippen molar-refractivity contribution in [1.82, 2.24) is 10.4 Å². The number of carbonyl (C=O) groups is 2. The summed E-state index contributed by atoms with van der Waals surface area (Å²) in [5, 5.41) is 10.5. The van der Waals surface area contributed by atoms with Gasteiger partial charge in [0.15, 0.2) is 0 Å². The lowest BCUT2D eigenvalue weighted by Gasteiger charge is -2.35. The van der Waals surface area contributed by atoms with Crippen molar-refractivity contribution in [1.29, 1.82) is 0 Å². The van der Waals surface area contributed by atoms with Gasteiger partial charge >= 0.3 is 12.3 Å². The van der Waals surface area contributed by atoms with Crippen LogP contribution in [0.15, 0.2) is 0 Å². The van der Waals surface area contributed by atoms with Crippen molar-refractivity contribution in [2.45, 2.75) is 44.3 Å². The van der Waals surface area contributed by atoms with Crippen molar-refractivity contribution in [3.05, 3.63) is 0 Å². The fourth-order valence-electron chi connectivity index (χ4n) is 2.58. The van der Waals surface area contributed by atoms with Crippen LogP contribution in [0.1, 0.15) is 25.7 Å². The zero-order valence-corrected chi connectivity index (χ0v) is 12.3. The molecule has 1 saturated carbocycles. The molecule has 2 rings (SSSR count). The minimum absolute atomic E-state index is 0.108. The van der Waals surface area contributed by atoms with Gasteiger partial charge in [0.1, 0.15) is 6.61 Å². The number of alkyl halides is 3. The van der Waals surface area contributed by atoms with E-state index in [1.54, 1.807) is 5.01 Å². The molecule has 23 heavy (non-hydrogen) atoms. The minimum atomic E-state index is -4.64. The van der Waals surface area contributed by atoms with Crippen LogP contribution in [0.4, 0.5) is 13.2 Å². The maximum absolute atomic E-state index is 11.9. The molecular formula is C13H19F3N2O5. The van der Waals surface area contributed by atoms with Gasteiger partial charge in [-0.3, -0.25) is 19.8 Å². The Kier molecular flexibility index (Phi) is 5.82. The lowest BCUT2D eigenvalue weighted by molar-refractivity contribution is -0.357. The number of amides is 1. The molecule has 132 valence electrons. The highest BCUT2D eigenvalue weighted by Gasteiger charge is 2.40. The molecule has 0 bridgehead atoms. The van der Waals surface area contributed by atoms with Crippen LogP contribution < -0.4 is 5.43 Å². The summed E-state index contributed by atoms with van der Waals surface area (Å²) in [6.45, 7) is 0.628. The lowest BCUT2D eigenvalue weighted by atomic mass is 9.92. The second-order valence-corrected chi connectivity index (χ2v) is 5.72. The van der Waals surface area contributed by atoms with Gasteiger partial charge in [0.25, 0.3) is 5.91 Å². The van der Waals surface area contributed by atoms with Crippen LogP contribution in [-0.4, -0.2) is 60.3 Å². The van der Waals surface area contributed by atoms with E-state index < -0.39 is 30.4 Å². The molecule has 0 aromatic carbocycles. The number of rotatable bonds is 6. The number of nitrogens with one attached hydrogen (secondary N) is 1. The van der Waals surface area contributed by atoms with E-state index in [4.69, 9.17) is 9.84 Å². The van der Waals surface area contributed by atoms with E-state index in [1.165, 1.54) is 0 Å². The topological polar surface area (TPSA) is 88.1 Å². The molecule has 0 spiro atoms. The van der Waals surface area contributed by atoms with E-state index in [2.05, 4.69) is 10.2 Å². The largest absolute Gasteiger partial charge is 0.522 e. The third-order valence-corrected chi connectivity index (χ3v) is 3.93. The maximum Gasteiger partial charge on any atom is 0.522 e. The van der Waals surface area contributed by atoms with Crippen LogP contribution >= 0.6 is 0 Å². The number of hydrogen-bond acceptors (Lipinski definition) is 5. The average Bonchev–Trinajstić information content (AvgIpc) is 2.40. The molecule has 2 aliphatic rings. The minimum Gasteiger partial charge on any atom is -0.481 e. The molecule has 1 aliphatic carbocycles. The number of piperidine rings is 1. The smallest absolute Gasteiger partial charge is 0.481 e. The number of aliphatic carboxylic acids is 1. The summed E-state index contributed by atoms with van der Waals surface area (Å²) >= 11 is 0. The first-order chi connectivity index (χ1) is 10.7. The number of halogens is 3. The van der Waals surface area contributed by atoms with Crippen LogP contribution in [0.25, 0.3) is 0 Å². The number of carboxylic acid groups (broad SMARTS) is 1. The molecule has 0 atom stereocenters. The SMILES string of the molecule is O=C(CO[C@H]1C[C@@H](OC(F)(F)F)C1)NN1CCC(C(=O)O)CC1. The van der Waals surface area contributed by atoms with Gasteiger partial charge in [0, 0.05) is 25.9 Å². The number of nitrogens with zero attached hydrogens (tertiary/aromatic N) is 1. The summed E-state index contributed by atoms with van der Waals surface area (Å²) in [4.78, 5) is 22.5. The highest BCUT2D eigenvalue weighted by molar-refractivity contribution is 5.76. The predicted molar refractivity (Wildman–Crippen MR) is 70.0 cm³/mol. The molecular weight excluding hydrogens is 321 g/mol. The van der Waals surface area contributed by atoms with Gasteiger partial charge < -0.3 is 9.84 Å². The number of hydrogen-bond donors (Lipinski definition) is 2. The molecule has 1 heterocycles. The van der Waals surface area contributed by atoms with Gasteiger partial charge in [-0.15, -0.1) is 13.2 Å². The molecule has 7 nitrogen and oxygen atoms in total. The Morgan fingerprint density at radius 1 is 1.17 bits per heavy atom. The van der Waals surface area contributed by atoms with Crippen molar-refractivity contribution in [2.75, 3.05) is 19.7 Å². The van der Waals surface area contributed by atoms with E-state index in [0.717, 1.165) is 0 Å². The number of carboxylic acids is 1. The second kappa shape index (κ2) is 7.45. The van der Waals surface area contributed by atoms with Crippen LogP contribution in [0.2, 0.25) is 0 Å². The normalized spacial score (nSPS) is 26.6. The lowest BCUT2D eigenvalue weighted by Crippen LogP contribution is -2.49. The molecule has 1 saturated heterocycles. The maximum atomic E-state index is 11.9. The molecule has 10 heteroatoms. The molecule has 2 fully saturated rings. The first-order valence-corrected chi connectivity index (χ1v) is 7.36.